The van der Waals surface area contributed by atoms with Gasteiger partial charge in [0, 0.05) is 18.0 Å². The number of aryl methyl sites for hydroxylation is 1. The molecule has 0 atom stereocenters. The van der Waals surface area contributed by atoms with E-state index in [9.17, 15) is 13.2 Å². The summed E-state index contributed by atoms with van der Waals surface area (Å²) >= 11 is 1.15. The summed E-state index contributed by atoms with van der Waals surface area (Å²) < 4.78 is 26.0. The first-order valence-electron chi connectivity index (χ1n) is 7.96. The van der Waals surface area contributed by atoms with Crippen LogP contribution in [0.5, 0.6) is 0 Å². The summed E-state index contributed by atoms with van der Waals surface area (Å²) in [6, 6.07) is 11.1. The molecule has 1 aromatic heterocycles. The van der Waals surface area contributed by atoms with Crippen molar-refractivity contribution in [3.8, 4) is 0 Å². The fourth-order valence-electron chi connectivity index (χ4n) is 2.33. The van der Waals surface area contributed by atoms with Crippen LogP contribution in [0.1, 0.15) is 22.9 Å². The van der Waals surface area contributed by atoms with Crippen molar-refractivity contribution in [1.82, 2.24) is 14.9 Å². The Kier molecular flexibility index (Phi) is 6.57. The van der Waals surface area contributed by atoms with E-state index >= 15 is 0 Å². The summed E-state index contributed by atoms with van der Waals surface area (Å²) in [4.78, 5) is 14.9. The van der Waals surface area contributed by atoms with Crippen molar-refractivity contribution in [2.24, 2.45) is 0 Å². The van der Waals surface area contributed by atoms with Gasteiger partial charge in [-0.3, -0.25) is 0 Å². The van der Waals surface area contributed by atoms with Crippen molar-refractivity contribution in [1.29, 1.82) is 0 Å². The Labute approximate surface area is 152 Å². The van der Waals surface area contributed by atoms with Gasteiger partial charge in [0.15, 0.2) is 0 Å². The van der Waals surface area contributed by atoms with Crippen molar-refractivity contribution < 1.29 is 13.2 Å². The van der Waals surface area contributed by atoms with Crippen molar-refractivity contribution in [3.63, 3.8) is 0 Å². The second-order valence-electron chi connectivity index (χ2n) is 5.59. The topological polar surface area (TPSA) is 78.5 Å². The molecule has 0 spiro atoms. The zero-order valence-electron chi connectivity index (χ0n) is 14.6. The molecule has 6 nitrogen and oxygen atoms in total. The van der Waals surface area contributed by atoms with Crippen LogP contribution < -0.4 is 10.0 Å². The Bertz CT molecular complexity index is 831. The van der Waals surface area contributed by atoms with E-state index in [4.69, 9.17) is 0 Å². The molecule has 0 radical (unpaired) electrons. The van der Waals surface area contributed by atoms with Crippen molar-refractivity contribution >= 4 is 27.4 Å². The number of nitrogens with one attached hydrogen (secondary N) is 2. The maximum absolute atomic E-state index is 12.4. The lowest BCUT2D eigenvalue weighted by Crippen LogP contribution is -2.38. The molecule has 0 bridgehead atoms. The summed E-state index contributed by atoms with van der Waals surface area (Å²) in [6.45, 7) is 5.37. The third-order valence-corrected chi connectivity index (χ3v) is 6.70. The number of amides is 2. The van der Waals surface area contributed by atoms with Gasteiger partial charge in [-0.15, -0.1) is 11.3 Å². The SMILES string of the molecule is CCN(Cc1cccc(C)c1)C(=O)NCc1ccc(S(=O)(=O)NC)s1. The first-order valence-corrected chi connectivity index (χ1v) is 10.3. The number of carbonyl (C=O) groups is 1. The van der Waals surface area contributed by atoms with Crippen LogP contribution in [0.2, 0.25) is 0 Å². The fraction of sp³-hybridized carbons (Fsp3) is 0.353. The molecule has 2 N–H and O–H groups in total. The van der Waals surface area contributed by atoms with Crippen molar-refractivity contribution in [2.45, 2.75) is 31.1 Å². The third-order valence-electron chi connectivity index (χ3n) is 3.71. The normalized spacial score (nSPS) is 11.3. The minimum Gasteiger partial charge on any atom is -0.333 e. The lowest BCUT2D eigenvalue weighted by Gasteiger charge is -2.21. The second kappa shape index (κ2) is 8.46. The maximum atomic E-state index is 12.4. The maximum Gasteiger partial charge on any atom is 0.317 e. The predicted molar refractivity (Wildman–Crippen MR) is 100 cm³/mol. The van der Waals surface area contributed by atoms with Crippen LogP contribution in [0.3, 0.4) is 0 Å². The summed E-state index contributed by atoms with van der Waals surface area (Å²) in [5.74, 6) is 0. The minimum atomic E-state index is -3.44. The van der Waals surface area contributed by atoms with Crippen LogP contribution >= 0.6 is 11.3 Å². The summed E-state index contributed by atoms with van der Waals surface area (Å²) in [6.07, 6.45) is 0. The molecule has 0 saturated carbocycles. The van der Waals surface area contributed by atoms with Crippen molar-refractivity contribution in [2.75, 3.05) is 13.6 Å². The highest BCUT2D eigenvalue weighted by molar-refractivity contribution is 7.91. The molecule has 2 aromatic rings. The fourth-order valence-corrected chi connectivity index (χ4v) is 4.46. The molecule has 1 aromatic carbocycles. The Morgan fingerprint density at radius 2 is 2.00 bits per heavy atom. The molecule has 2 rings (SSSR count). The number of rotatable bonds is 7. The molecule has 136 valence electrons. The highest BCUT2D eigenvalue weighted by Crippen LogP contribution is 2.21. The van der Waals surface area contributed by atoms with Crippen LogP contribution in [-0.2, 0) is 23.1 Å². The summed E-state index contributed by atoms with van der Waals surface area (Å²) in [7, 11) is -2.06. The molecular weight excluding hydrogens is 358 g/mol. The van der Waals surface area contributed by atoms with Gasteiger partial charge in [0.2, 0.25) is 10.0 Å². The first kappa shape index (κ1) is 19.4. The zero-order chi connectivity index (χ0) is 18.4. The third kappa shape index (κ3) is 5.29. The monoisotopic (exact) mass is 381 g/mol. The number of thiophene rings is 1. The molecule has 0 fully saturated rings. The van der Waals surface area contributed by atoms with Gasteiger partial charge in [0.1, 0.15) is 4.21 Å². The average molecular weight is 382 g/mol. The van der Waals surface area contributed by atoms with Crippen LogP contribution in [0.4, 0.5) is 4.79 Å². The number of hydrogen-bond donors (Lipinski definition) is 2. The molecule has 0 aliphatic carbocycles. The zero-order valence-corrected chi connectivity index (χ0v) is 16.2. The molecule has 0 unspecified atom stereocenters. The van der Waals surface area contributed by atoms with Gasteiger partial charge in [-0.2, -0.15) is 0 Å². The number of urea groups is 1. The Morgan fingerprint density at radius 1 is 1.24 bits per heavy atom. The number of benzene rings is 1. The Hall–Kier alpha value is -1.90. The molecule has 0 aliphatic rings. The Balaban J connectivity index is 1.96. The van der Waals surface area contributed by atoms with E-state index in [2.05, 4.69) is 16.1 Å². The van der Waals surface area contributed by atoms with E-state index in [0.717, 1.165) is 27.3 Å². The Morgan fingerprint density at radius 3 is 2.64 bits per heavy atom. The van der Waals surface area contributed by atoms with Gasteiger partial charge in [-0.25, -0.2) is 17.9 Å². The molecule has 8 heteroatoms. The van der Waals surface area contributed by atoms with E-state index in [1.54, 1.807) is 17.0 Å². The number of nitrogens with zero attached hydrogens (tertiary/aromatic N) is 1. The van der Waals surface area contributed by atoms with Crippen molar-refractivity contribution in [3.05, 3.63) is 52.4 Å². The van der Waals surface area contributed by atoms with Crippen LogP contribution in [0.15, 0.2) is 40.6 Å². The highest BCUT2D eigenvalue weighted by Gasteiger charge is 2.16. The quantitative estimate of drug-likeness (QED) is 0.774. The van der Waals surface area contributed by atoms with Gasteiger partial charge in [-0.05, 0) is 38.6 Å². The van der Waals surface area contributed by atoms with E-state index in [0.29, 0.717) is 19.6 Å². The van der Waals surface area contributed by atoms with Crippen LogP contribution in [-0.4, -0.2) is 32.9 Å². The van der Waals surface area contributed by atoms with Gasteiger partial charge in [0.25, 0.3) is 0 Å². The van der Waals surface area contributed by atoms with Gasteiger partial charge < -0.3 is 10.2 Å². The average Bonchev–Trinajstić information content (AvgIpc) is 3.07. The lowest BCUT2D eigenvalue weighted by molar-refractivity contribution is 0.197. The standard InChI is InChI=1S/C17H23N3O3S2/c1-4-20(12-14-7-5-6-13(2)10-14)17(21)19-11-15-8-9-16(24-15)25(22,23)18-3/h5-10,18H,4,11-12H2,1-3H3,(H,19,21). The van der Waals surface area contributed by atoms with Gasteiger partial charge in [-0.1, -0.05) is 29.8 Å². The minimum absolute atomic E-state index is 0.171. The molecule has 0 aliphatic heterocycles. The molecule has 1 heterocycles. The van der Waals surface area contributed by atoms with Crippen LogP contribution in [0.25, 0.3) is 0 Å². The lowest BCUT2D eigenvalue weighted by atomic mass is 10.1. The molecule has 25 heavy (non-hydrogen) atoms. The summed E-state index contributed by atoms with van der Waals surface area (Å²) in [5.41, 5.74) is 2.24. The van der Waals surface area contributed by atoms with E-state index in [1.165, 1.54) is 7.05 Å². The molecule has 0 saturated heterocycles. The summed E-state index contributed by atoms with van der Waals surface area (Å²) in [5, 5.41) is 2.85. The first-order chi connectivity index (χ1) is 11.9. The van der Waals surface area contributed by atoms with Gasteiger partial charge in [0.05, 0.1) is 6.54 Å². The largest absolute Gasteiger partial charge is 0.333 e. The molecular formula is C17H23N3O3S2. The van der Waals surface area contributed by atoms with E-state index in [-0.39, 0.29) is 10.2 Å². The molecule has 2 amide bonds. The van der Waals surface area contributed by atoms with Gasteiger partial charge >= 0.3 is 6.03 Å². The number of sulfonamides is 1. The van der Waals surface area contributed by atoms with Crippen LogP contribution in [0, 0.1) is 6.92 Å². The number of hydrogen-bond acceptors (Lipinski definition) is 4. The highest BCUT2D eigenvalue weighted by atomic mass is 32.2. The predicted octanol–water partition coefficient (Wildman–Crippen LogP) is 2.70. The number of carbonyl (C=O) groups excluding carboxylic acids is 1. The second-order valence-corrected chi connectivity index (χ2v) is 8.87. The van der Waals surface area contributed by atoms with E-state index < -0.39 is 10.0 Å². The van der Waals surface area contributed by atoms with E-state index in [1.807, 2.05) is 32.0 Å². The smallest absolute Gasteiger partial charge is 0.317 e.